The maximum Gasteiger partial charge on any atom is 0.161 e. The number of benzene rings is 1. The van der Waals surface area contributed by atoms with Gasteiger partial charge in [-0.05, 0) is 19.1 Å². The number of fused-ring (bicyclic) bond motifs is 1. The Morgan fingerprint density at radius 2 is 1.81 bits per heavy atom. The van der Waals surface area contributed by atoms with Crippen LogP contribution in [0.1, 0.15) is 20.8 Å². The number of hydrogen-bond acceptors (Lipinski definition) is 5. The molecule has 118 valence electrons. The molecule has 1 aliphatic rings. The third-order valence-electron chi connectivity index (χ3n) is 3.53. The summed E-state index contributed by atoms with van der Waals surface area (Å²) in [6, 6.07) is 8.17. The fourth-order valence-corrected chi connectivity index (χ4v) is 2.18. The van der Waals surface area contributed by atoms with Crippen molar-refractivity contribution in [2.24, 2.45) is 0 Å². The molecule has 0 bridgehead atoms. The summed E-state index contributed by atoms with van der Waals surface area (Å²) in [6.07, 6.45) is -0.461. The molecule has 0 radical (unpaired) electrons. The van der Waals surface area contributed by atoms with Crippen molar-refractivity contribution in [3.63, 3.8) is 0 Å². The van der Waals surface area contributed by atoms with E-state index >= 15 is 0 Å². The minimum absolute atomic E-state index is 0.0508. The molecule has 1 aliphatic heterocycles. The normalized spacial score (nSPS) is 20.3. The van der Waals surface area contributed by atoms with Gasteiger partial charge in [-0.3, -0.25) is 0 Å². The predicted octanol–water partition coefficient (Wildman–Crippen LogP) is 1.16. The van der Waals surface area contributed by atoms with Gasteiger partial charge in [0.15, 0.2) is 11.5 Å². The van der Waals surface area contributed by atoms with Crippen LogP contribution in [0, 0.1) is 0 Å². The molecule has 5 heteroatoms. The zero-order valence-electron chi connectivity index (χ0n) is 13.0. The van der Waals surface area contributed by atoms with Crippen LogP contribution < -0.4 is 20.1 Å². The Morgan fingerprint density at radius 1 is 1.14 bits per heavy atom. The SMILES string of the molecule is CC(C)NC[C@@H](O)CN[C@@H](C)[C@@H]1COc2ccccc2O1. The molecule has 5 nitrogen and oxygen atoms in total. The third kappa shape index (κ3) is 4.88. The first kappa shape index (κ1) is 16.1. The van der Waals surface area contributed by atoms with E-state index in [1.165, 1.54) is 0 Å². The van der Waals surface area contributed by atoms with Crippen molar-refractivity contribution in [1.82, 2.24) is 10.6 Å². The van der Waals surface area contributed by atoms with Crippen LogP contribution in [0.15, 0.2) is 24.3 Å². The van der Waals surface area contributed by atoms with Gasteiger partial charge in [0.1, 0.15) is 12.7 Å². The largest absolute Gasteiger partial charge is 0.486 e. The quantitative estimate of drug-likeness (QED) is 0.704. The zero-order valence-corrected chi connectivity index (χ0v) is 13.0. The molecule has 0 aliphatic carbocycles. The summed E-state index contributed by atoms with van der Waals surface area (Å²) in [5, 5.41) is 16.4. The Bertz CT molecular complexity index is 439. The number of aliphatic hydroxyl groups is 1. The van der Waals surface area contributed by atoms with E-state index in [0.717, 1.165) is 11.5 Å². The molecule has 0 unspecified atom stereocenters. The molecule has 3 atom stereocenters. The van der Waals surface area contributed by atoms with Crippen LogP contribution in [0.3, 0.4) is 0 Å². The third-order valence-corrected chi connectivity index (χ3v) is 3.53. The fourth-order valence-electron chi connectivity index (χ4n) is 2.18. The van der Waals surface area contributed by atoms with Gasteiger partial charge in [0.2, 0.25) is 0 Å². The molecule has 0 saturated heterocycles. The lowest BCUT2D eigenvalue weighted by Gasteiger charge is -2.31. The van der Waals surface area contributed by atoms with Crippen LogP contribution >= 0.6 is 0 Å². The standard InChI is InChI=1S/C16H26N2O3/c1-11(2)17-8-13(19)9-18-12(3)16-10-20-14-6-4-5-7-15(14)21-16/h4-7,11-13,16-19H,8-10H2,1-3H3/t12-,13+,16-/m0/s1. The highest BCUT2D eigenvalue weighted by Crippen LogP contribution is 2.31. The molecule has 0 saturated carbocycles. The van der Waals surface area contributed by atoms with Crippen LogP contribution in [0.4, 0.5) is 0 Å². The molecule has 21 heavy (non-hydrogen) atoms. The van der Waals surface area contributed by atoms with Crippen molar-refractivity contribution in [2.45, 2.75) is 45.1 Å². The van der Waals surface area contributed by atoms with Crippen LogP contribution in [-0.4, -0.2) is 49.1 Å². The van der Waals surface area contributed by atoms with E-state index in [1.54, 1.807) is 0 Å². The minimum atomic E-state index is -0.411. The molecule has 3 N–H and O–H groups in total. The molecule has 0 amide bonds. The Labute approximate surface area is 126 Å². The molecule has 1 aromatic rings. The Balaban J connectivity index is 1.76. The smallest absolute Gasteiger partial charge is 0.161 e. The summed E-state index contributed by atoms with van der Waals surface area (Å²) in [5.41, 5.74) is 0. The number of nitrogens with one attached hydrogen (secondary N) is 2. The van der Waals surface area contributed by atoms with Crippen LogP contribution in [0.25, 0.3) is 0 Å². The second kappa shape index (κ2) is 7.64. The van der Waals surface area contributed by atoms with Gasteiger partial charge in [0.05, 0.1) is 6.10 Å². The molecular formula is C16H26N2O3. The molecular weight excluding hydrogens is 268 g/mol. The summed E-state index contributed by atoms with van der Waals surface area (Å²) in [4.78, 5) is 0. The molecule has 1 heterocycles. The van der Waals surface area contributed by atoms with Gasteiger partial charge in [-0.2, -0.15) is 0 Å². The van der Waals surface area contributed by atoms with Crippen molar-refractivity contribution < 1.29 is 14.6 Å². The number of hydrogen-bond donors (Lipinski definition) is 3. The van der Waals surface area contributed by atoms with E-state index in [2.05, 4.69) is 24.5 Å². The van der Waals surface area contributed by atoms with Gasteiger partial charge in [0.25, 0.3) is 0 Å². The summed E-state index contributed by atoms with van der Waals surface area (Å²) in [7, 11) is 0. The predicted molar refractivity (Wildman–Crippen MR) is 83.0 cm³/mol. The molecule has 1 aromatic carbocycles. The van der Waals surface area contributed by atoms with Gasteiger partial charge in [-0.25, -0.2) is 0 Å². The van der Waals surface area contributed by atoms with Crippen molar-refractivity contribution in [3.8, 4) is 11.5 Å². The average molecular weight is 294 g/mol. The van der Waals surface area contributed by atoms with Crippen molar-refractivity contribution in [2.75, 3.05) is 19.7 Å². The van der Waals surface area contributed by atoms with Gasteiger partial charge >= 0.3 is 0 Å². The van der Waals surface area contributed by atoms with Crippen LogP contribution in [0.2, 0.25) is 0 Å². The Kier molecular flexibility index (Phi) is 5.85. The van der Waals surface area contributed by atoms with Crippen molar-refractivity contribution >= 4 is 0 Å². The lowest BCUT2D eigenvalue weighted by atomic mass is 10.1. The second-order valence-electron chi connectivity index (χ2n) is 5.83. The summed E-state index contributed by atoms with van der Waals surface area (Å²) in [5.74, 6) is 1.58. The summed E-state index contributed by atoms with van der Waals surface area (Å²) >= 11 is 0. The first-order valence-corrected chi connectivity index (χ1v) is 7.59. The van der Waals surface area contributed by atoms with Gasteiger partial charge < -0.3 is 25.2 Å². The monoisotopic (exact) mass is 294 g/mol. The second-order valence-corrected chi connectivity index (χ2v) is 5.83. The maximum atomic E-state index is 9.91. The Morgan fingerprint density at radius 3 is 2.52 bits per heavy atom. The van der Waals surface area contributed by atoms with Crippen LogP contribution in [-0.2, 0) is 0 Å². The molecule has 2 rings (SSSR count). The van der Waals surface area contributed by atoms with Crippen LogP contribution in [0.5, 0.6) is 11.5 Å². The van der Waals surface area contributed by atoms with E-state index in [9.17, 15) is 5.11 Å². The summed E-state index contributed by atoms with van der Waals surface area (Å²) in [6.45, 7) is 7.81. The number of ether oxygens (including phenoxy) is 2. The number of aliphatic hydroxyl groups excluding tert-OH is 1. The van der Waals surface area contributed by atoms with Gasteiger partial charge in [-0.15, -0.1) is 0 Å². The lowest BCUT2D eigenvalue weighted by molar-refractivity contribution is 0.0612. The van der Waals surface area contributed by atoms with E-state index in [0.29, 0.717) is 25.7 Å². The molecule has 0 fully saturated rings. The van der Waals surface area contributed by atoms with E-state index in [1.807, 2.05) is 31.2 Å². The van der Waals surface area contributed by atoms with Gasteiger partial charge in [-0.1, -0.05) is 26.0 Å². The van der Waals surface area contributed by atoms with Gasteiger partial charge in [0, 0.05) is 25.2 Å². The van der Waals surface area contributed by atoms with Crippen molar-refractivity contribution in [3.05, 3.63) is 24.3 Å². The van der Waals surface area contributed by atoms with Crippen molar-refractivity contribution in [1.29, 1.82) is 0 Å². The lowest BCUT2D eigenvalue weighted by Crippen LogP contribution is -2.49. The summed E-state index contributed by atoms with van der Waals surface area (Å²) < 4.78 is 11.6. The first-order chi connectivity index (χ1) is 10.1. The molecule has 0 aromatic heterocycles. The van der Waals surface area contributed by atoms with E-state index < -0.39 is 6.10 Å². The molecule has 0 spiro atoms. The highest BCUT2D eigenvalue weighted by Gasteiger charge is 2.26. The average Bonchev–Trinajstić information content (AvgIpc) is 2.50. The van der Waals surface area contributed by atoms with E-state index in [4.69, 9.17) is 9.47 Å². The van der Waals surface area contributed by atoms with E-state index in [-0.39, 0.29) is 12.1 Å². The number of rotatable bonds is 7. The Hall–Kier alpha value is -1.30. The minimum Gasteiger partial charge on any atom is -0.486 e. The fraction of sp³-hybridized carbons (Fsp3) is 0.625. The first-order valence-electron chi connectivity index (χ1n) is 7.59. The number of para-hydroxylation sites is 2. The highest BCUT2D eigenvalue weighted by atomic mass is 16.6. The highest BCUT2D eigenvalue weighted by molar-refractivity contribution is 5.40. The maximum absolute atomic E-state index is 9.91. The zero-order chi connectivity index (χ0) is 15.2. The topological polar surface area (TPSA) is 62.8 Å².